The van der Waals surface area contributed by atoms with E-state index in [2.05, 4.69) is 10.8 Å². The zero-order valence-corrected chi connectivity index (χ0v) is 6.78. The Labute approximate surface area is 73.9 Å². The van der Waals surface area contributed by atoms with Gasteiger partial charge in [0.05, 0.1) is 10.0 Å². The van der Waals surface area contributed by atoms with Gasteiger partial charge >= 0.3 is 0 Å². The molecule has 0 aromatic heterocycles. The Morgan fingerprint density at radius 2 is 1.91 bits per heavy atom. The van der Waals surface area contributed by atoms with Crippen molar-refractivity contribution in [2.45, 2.75) is 0 Å². The van der Waals surface area contributed by atoms with Gasteiger partial charge in [0.2, 0.25) is 0 Å². The van der Waals surface area contributed by atoms with E-state index in [-0.39, 0.29) is 15.8 Å². The Hall–Kier alpha value is -0.910. The summed E-state index contributed by atoms with van der Waals surface area (Å²) in [7, 11) is 0. The van der Waals surface area contributed by atoms with E-state index >= 15 is 0 Å². The minimum atomic E-state index is 0.176. The van der Waals surface area contributed by atoms with Crippen LogP contribution < -0.4 is 4.74 Å². The zero-order valence-electron chi connectivity index (χ0n) is 5.27. The lowest BCUT2D eigenvalue weighted by atomic mass is 10.3. The molecule has 2 nitrogen and oxygen atoms in total. The number of halogens is 2. The molecule has 0 amide bonds. The number of rotatable bonds is 1. The third-order valence-electron chi connectivity index (χ3n) is 1.00. The van der Waals surface area contributed by atoms with Crippen LogP contribution in [0.4, 0.5) is 0 Å². The van der Waals surface area contributed by atoms with Crippen molar-refractivity contribution in [3.8, 4) is 12.0 Å². The smallest absolute Gasteiger partial charge is 0.292 e. The van der Waals surface area contributed by atoms with Crippen molar-refractivity contribution in [3.63, 3.8) is 0 Å². The predicted octanol–water partition coefficient (Wildman–Crippen LogP) is 2.65. The van der Waals surface area contributed by atoms with Crippen LogP contribution in [-0.4, -0.2) is 0 Å². The maximum absolute atomic E-state index is 8.17. The van der Waals surface area contributed by atoms with Crippen LogP contribution in [0.3, 0.4) is 0 Å². The van der Waals surface area contributed by atoms with Crippen molar-refractivity contribution >= 4 is 23.2 Å². The number of hydrogen-bond donors (Lipinski definition) is 0. The Balaban J connectivity index is 3.12. The first-order chi connectivity index (χ1) is 5.25. The van der Waals surface area contributed by atoms with Crippen molar-refractivity contribution in [2.75, 3.05) is 0 Å². The fraction of sp³-hybridized carbons (Fsp3) is 0. The van der Waals surface area contributed by atoms with Gasteiger partial charge in [0.1, 0.15) is 0 Å². The molecule has 0 N–H and O–H groups in total. The van der Waals surface area contributed by atoms with Gasteiger partial charge in [0.15, 0.2) is 5.75 Å². The zero-order chi connectivity index (χ0) is 8.27. The quantitative estimate of drug-likeness (QED) is 0.633. The summed E-state index contributed by atoms with van der Waals surface area (Å²) in [6.45, 7) is 0. The van der Waals surface area contributed by atoms with E-state index in [4.69, 9.17) is 28.5 Å². The monoisotopic (exact) mass is 186 g/mol. The lowest BCUT2D eigenvalue weighted by molar-refractivity contribution is 0.507. The summed E-state index contributed by atoms with van der Waals surface area (Å²) in [5, 5.41) is 8.72. The minimum Gasteiger partial charge on any atom is -0.385 e. The molecular formula is C7H2Cl2NO. The lowest BCUT2D eigenvalue weighted by Gasteiger charge is -1.99. The Kier molecular flexibility index (Phi) is 2.58. The topological polar surface area (TPSA) is 33.0 Å². The molecule has 0 heterocycles. The summed E-state index contributed by atoms with van der Waals surface area (Å²) >= 11 is 11.2. The largest absolute Gasteiger partial charge is 0.385 e. The summed E-state index contributed by atoms with van der Waals surface area (Å²) in [5.74, 6) is 0.176. The standard InChI is InChI=1S/C7H2Cl2NO/c8-5-2-1-3-6(9)7(5)11-4-10/h2-3H. The number of nitriles is 1. The molecule has 1 aromatic carbocycles. The van der Waals surface area contributed by atoms with E-state index in [9.17, 15) is 0 Å². The summed E-state index contributed by atoms with van der Waals surface area (Å²) in [6.07, 6.45) is 1.48. The van der Waals surface area contributed by atoms with Gasteiger partial charge in [-0.15, -0.1) is 5.26 Å². The van der Waals surface area contributed by atoms with Crippen LogP contribution in [0.5, 0.6) is 5.75 Å². The van der Waals surface area contributed by atoms with Crippen LogP contribution >= 0.6 is 23.2 Å². The van der Waals surface area contributed by atoms with Crippen molar-refractivity contribution in [3.05, 3.63) is 28.2 Å². The summed E-state index contributed by atoms with van der Waals surface area (Å²) in [5.41, 5.74) is 0. The lowest BCUT2D eigenvalue weighted by Crippen LogP contribution is -1.83. The number of nitrogens with zero attached hydrogens (tertiary/aromatic N) is 1. The highest BCUT2D eigenvalue weighted by Crippen LogP contribution is 2.31. The van der Waals surface area contributed by atoms with Crippen molar-refractivity contribution in [1.82, 2.24) is 0 Å². The van der Waals surface area contributed by atoms with Gasteiger partial charge in [-0.3, -0.25) is 0 Å². The summed E-state index contributed by atoms with van der Waals surface area (Å²) < 4.78 is 4.49. The average molecular weight is 187 g/mol. The Morgan fingerprint density at radius 1 is 1.36 bits per heavy atom. The van der Waals surface area contributed by atoms with E-state index in [1.807, 2.05) is 0 Å². The van der Waals surface area contributed by atoms with Crippen LogP contribution in [0, 0.1) is 17.6 Å². The first-order valence-corrected chi connectivity index (χ1v) is 3.42. The maximum atomic E-state index is 8.17. The first kappa shape index (κ1) is 8.19. The molecule has 0 saturated carbocycles. The molecule has 0 saturated heterocycles. The molecule has 0 unspecified atom stereocenters. The molecule has 0 atom stereocenters. The van der Waals surface area contributed by atoms with Gasteiger partial charge in [-0.05, 0) is 18.2 Å². The molecule has 55 valence electrons. The van der Waals surface area contributed by atoms with Gasteiger partial charge in [-0.1, -0.05) is 23.2 Å². The van der Waals surface area contributed by atoms with Crippen LogP contribution in [0.15, 0.2) is 12.1 Å². The van der Waals surface area contributed by atoms with E-state index < -0.39 is 0 Å². The highest BCUT2D eigenvalue weighted by molar-refractivity contribution is 6.37. The molecule has 0 aliphatic rings. The second-order valence-electron chi connectivity index (χ2n) is 1.67. The van der Waals surface area contributed by atoms with E-state index in [1.54, 1.807) is 0 Å². The highest BCUT2D eigenvalue weighted by Gasteiger charge is 2.05. The number of hydrogen-bond acceptors (Lipinski definition) is 2. The first-order valence-electron chi connectivity index (χ1n) is 2.66. The van der Waals surface area contributed by atoms with Gasteiger partial charge in [0.25, 0.3) is 6.26 Å². The average Bonchev–Trinajstić information content (AvgIpc) is 1.97. The normalized spacial score (nSPS) is 8.82. The molecule has 0 spiro atoms. The molecule has 0 fully saturated rings. The van der Waals surface area contributed by atoms with E-state index in [0.29, 0.717) is 0 Å². The molecular weight excluding hydrogens is 185 g/mol. The highest BCUT2D eigenvalue weighted by atomic mass is 35.5. The fourth-order valence-corrected chi connectivity index (χ4v) is 1.03. The third kappa shape index (κ3) is 1.76. The molecule has 0 aliphatic heterocycles. The second kappa shape index (κ2) is 3.47. The molecule has 1 radical (unpaired) electrons. The van der Waals surface area contributed by atoms with Gasteiger partial charge < -0.3 is 4.74 Å². The third-order valence-corrected chi connectivity index (χ3v) is 1.56. The van der Waals surface area contributed by atoms with E-state index in [0.717, 1.165) is 0 Å². The second-order valence-corrected chi connectivity index (χ2v) is 2.49. The van der Waals surface area contributed by atoms with Crippen LogP contribution in [0.2, 0.25) is 10.0 Å². The number of ether oxygens (including phenoxy) is 1. The molecule has 1 rings (SSSR count). The van der Waals surface area contributed by atoms with Crippen molar-refractivity contribution < 1.29 is 4.74 Å². The maximum Gasteiger partial charge on any atom is 0.292 e. The van der Waals surface area contributed by atoms with Gasteiger partial charge in [-0.25, -0.2) is 0 Å². The minimum absolute atomic E-state index is 0.176. The molecule has 1 aromatic rings. The van der Waals surface area contributed by atoms with Crippen LogP contribution in [-0.2, 0) is 0 Å². The van der Waals surface area contributed by atoms with E-state index in [1.165, 1.54) is 18.4 Å². The molecule has 0 aliphatic carbocycles. The SMILES string of the molecule is N#COc1c(Cl)c[c]cc1Cl. The predicted molar refractivity (Wildman–Crippen MR) is 41.5 cm³/mol. The van der Waals surface area contributed by atoms with Crippen LogP contribution in [0.1, 0.15) is 0 Å². The fourth-order valence-electron chi connectivity index (χ4n) is 0.576. The Morgan fingerprint density at radius 3 is 2.36 bits per heavy atom. The van der Waals surface area contributed by atoms with Crippen LogP contribution in [0.25, 0.3) is 0 Å². The molecule has 0 bridgehead atoms. The summed E-state index contributed by atoms with van der Waals surface area (Å²) in [4.78, 5) is 0. The molecule has 11 heavy (non-hydrogen) atoms. The van der Waals surface area contributed by atoms with Gasteiger partial charge in [-0.2, -0.15) is 0 Å². The number of benzene rings is 1. The molecule has 4 heteroatoms. The van der Waals surface area contributed by atoms with Gasteiger partial charge in [0, 0.05) is 0 Å². The Bertz CT molecular complexity index is 286. The van der Waals surface area contributed by atoms with Crippen molar-refractivity contribution in [1.29, 1.82) is 5.26 Å². The van der Waals surface area contributed by atoms with Crippen molar-refractivity contribution in [2.24, 2.45) is 0 Å². The summed E-state index contributed by atoms with van der Waals surface area (Å²) in [6, 6.07) is 5.62.